The van der Waals surface area contributed by atoms with E-state index in [0.717, 1.165) is 32.3 Å². The summed E-state index contributed by atoms with van der Waals surface area (Å²) in [6, 6.07) is 25.9. The minimum absolute atomic E-state index is 0.105. The van der Waals surface area contributed by atoms with E-state index < -0.39 is 29.6 Å². The molecule has 0 saturated carbocycles. The van der Waals surface area contributed by atoms with E-state index in [9.17, 15) is 14.4 Å². The summed E-state index contributed by atoms with van der Waals surface area (Å²) in [5.74, 6) is -0.341. The number of rotatable bonds is 10. The number of para-hydroxylation sites is 1. The summed E-state index contributed by atoms with van der Waals surface area (Å²) >= 11 is -0.289. The molecule has 0 radical (unpaired) electrons. The first kappa shape index (κ1) is 28.9. The molecule has 4 rings (SSSR count). The molecule has 0 spiro atoms. The topological polar surface area (TPSA) is 107 Å². The average molecular weight is 608 g/mol. The zero-order valence-corrected chi connectivity index (χ0v) is 24.4. The van der Waals surface area contributed by atoms with Gasteiger partial charge in [-0.15, -0.1) is 0 Å². The van der Waals surface area contributed by atoms with E-state index in [-0.39, 0.29) is 28.1 Å². The number of hydrogen-bond acceptors (Lipinski definition) is 6. The Labute approximate surface area is 239 Å². The molecule has 208 valence electrons. The van der Waals surface area contributed by atoms with Crippen molar-refractivity contribution in [3.8, 4) is 11.3 Å². The van der Waals surface area contributed by atoms with E-state index in [1.165, 1.54) is 0 Å². The molecule has 8 nitrogen and oxygen atoms in total. The van der Waals surface area contributed by atoms with E-state index >= 15 is 0 Å². The van der Waals surface area contributed by atoms with Crippen molar-refractivity contribution in [3.05, 3.63) is 90.5 Å². The number of benzene rings is 3. The van der Waals surface area contributed by atoms with Gasteiger partial charge in [-0.3, -0.25) is 0 Å². The predicted molar refractivity (Wildman–Crippen MR) is 154 cm³/mol. The summed E-state index contributed by atoms with van der Waals surface area (Å²) in [6.45, 7) is 5.03. The van der Waals surface area contributed by atoms with Gasteiger partial charge in [0.25, 0.3) is 0 Å². The van der Waals surface area contributed by atoms with Gasteiger partial charge in [-0.2, -0.15) is 0 Å². The molecule has 9 heteroatoms. The third-order valence-electron chi connectivity index (χ3n) is 5.64. The van der Waals surface area contributed by atoms with Crippen LogP contribution >= 0.6 is 0 Å². The van der Waals surface area contributed by atoms with Crippen LogP contribution in [0.5, 0.6) is 0 Å². The summed E-state index contributed by atoms with van der Waals surface area (Å²) < 4.78 is 17.9. The molecule has 0 aliphatic heterocycles. The molecule has 0 aliphatic rings. The molecule has 0 unspecified atom stereocenters. The van der Waals surface area contributed by atoms with E-state index in [1.54, 1.807) is 20.8 Å². The molecule has 0 aliphatic carbocycles. The van der Waals surface area contributed by atoms with E-state index in [4.69, 9.17) is 13.9 Å². The molecule has 2 amide bonds. The van der Waals surface area contributed by atoms with Crippen molar-refractivity contribution < 1.29 is 28.3 Å². The van der Waals surface area contributed by atoms with Crippen molar-refractivity contribution in [2.24, 2.45) is 0 Å². The number of furan rings is 1. The Morgan fingerprint density at radius 3 is 2.25 bits per heavy atom. The number of ether oxygens (including phenoxy) is 2. The van der Waals surface area contributed by atoms with Crippen LogP contribution in [0.1, 0.15) is 26.3 Å². The standard InChI is InChI=1S/C31H32N2O6Se/c1-31(2,3)39-30(36)33-24(29(35)32-18-26(34)37-19-21-12-6-4-7-13-21)20-40-28-23-16-10-11-17-25(23)38-27(28)22-14-8-5-9-15-22/h4-17,24H,18-20H2,1-3H3,(H,32,35)(H,33,36)/t24-/m0/s1. The van der Waals surface area contributed by atoms with Gasteiger partial charge < -0.3 is 0 Å². The number of esters is 1. The van der Waals surface area contributed by atoms with Crippen molar-refractivity contribution in [1.29, 1.82) is 0 Å². The van der Waals surface area contributed by atoms with Crippen LogP contribution in [0.4, 0.5) is 4.79 Å². The summed E-state index contributed by atoms with van der Waals surface area (Å²) in [5, 5.41) is 6.55. The first-order chi connectivity index (χ1) is 19.2. The second-order valence-corrected chi connectivity index (χ2v) is 12.2. The fourth-order valence-electron chi connectivity index (χ4n) is 3.82. The van der Waals surface area contributed by atoms with Crippen molar-refractivity contribution in [3.63, 3.8) is 0 Å². The fourth-order valence-corrected chi connectivity index (χ4v) is 6.30. The van der Waals surface area contributed by atoms with Gasteiger partial charge in [-0.25, -0.2) is 0 Å². The zero-order valence-electron chi connectivity index (χ0n) is 22.6. The Morgan fingerprint density at radius 2 is 1.55 bits per heavy atom. The monoisotopic (exact) mass is 608 g/mol. The molecular formula is C31H32N2O6Se. The van der Waals surface area contributed by atoms with Crippen LogP contribution in [0.2, 0.25) is 5.32 Å². The van der Waals surface area contributed by atoms with Crippen LogP contribution in [-0.4, -0.2) is 51.1 Å². The average Bonchev–Trinajstić information content (AvgIpc) is 3.31. The summed E-state index contributed by atoms with van der Waals surface area (Å²) in [5.41, 5.74) is 1.79. The molecule has 1 aromatic heterocycles. The van der Waals surface area contributed by atoms with Gasteiger partial charge >= 0.3 is 240 Å². The Bertz CT molecular complexity index is 1450. The number of hydrogen-bond donors (Lipinski definition) is 2. The molecule has 1 heterocycles. The molecule has 0 saturated heterocycles. The van der Waals surface area contributed by atoms with Gasteiger partial charge in [0.1, 0.15) is 0 Å². The van der Waals surface area contributed by atoms with Crippen molar-refractivity contribution >= 4 is 48.4 Å². The second kappa shape index (κ2) is 13.3. The molecule has 2 N–H and O–H groups in total. The van der Waals surface area contributed by atoms with Crippen LogP contribution in [0.3, 0.4) is 0 Å². The third-order valence-corrected chi connectivity index (χ3v) is 8.14. The van der Waals surface area contributed by atoms with Crippen molar-refractivity contribution in [1.82, 2.24) is 10.6 Å². The first-order valence-corrected chi connectivity index (χ1v) is 14.9. The maximum atomic E-state index is 13.2. The number of carbonyl (C=O) groups excluding carboxylic acids is 3. The summed E-state index contributed by atoms with van der Waals surface area (Å²) in [6.07, 6.45) is -0.713. The first-order valence-electron chi connectivity index (χ1n) is 12.9. The van der Waals surface area contributed by atoms with E-state index in [1.807, 2.05) is 84.9 Å². The van der Waals surface area contributed by atoms with Gasteiger partial charge in [0.05, 0.1) is 0 Å². The Morgan fingerprint density at radius 1 is 0.900 bits per heavy atom. The quantitative estimate of drug-likeness (QED) is 0.202. The maximum absolute atomic E-state index is 13.2. The van der Waals surface area contributed by atoms with Crippen LogP contribution < -0.4 is 15.1 Å². The SMILES string of the molecule is CC(C)(C)OC(=O)N[C@@H](C[Se]c1c(-c2ccccc2)oc2ccccc12)C(=O)NCC(=O)OCc1ccccc1. The summed E-state index contributed by atoms with van der Waals surface area (Å²) in [4.78, 5) is 38.1. The summed E-state index contributed by atoms with van der Waals surface area (Å²) in [7, 11) is 0. The van der Waals surface area contributed by atoms with E-state index in [2.05, 4.69) is 10.6 Å². The van der Waals surface area contributed by atoms with Crippen LogP contribution in [0.25, 0.3) is 22.3 Å². The molecule has 0 bridgehead atoms. The number of alkyl carbamates (subject to hydrolysis) is 1. The molecule has 4 aromatic rings. The van der Waals surface area contributed by atoms with Gasteiger partial charge in [-0.05, 0) is 0 Å². The third kappa shape index (κ3) is 8.21. The number of amides is 2. The number of fused-ring (bicyclic) bond motifs is 1. The minimum atomic E-state index is -0.936. The molecule has 40 heavy (non-hydrogen) atoms. The predicted octanol–water partition coefficient (Wildman–Crippen LogP) is 4.60. The molecule has 3 aromatic carbocycles. The number of nitrogens with one attached hydrogen (secondary N) is 2. The normalized spacial score (nSPS) is 12.0. The van der Waals surface area contributed by atoms with Gasteiger partial charge in [0.15, 0.2) is 0 Å². The van der Waals surface area contributed by atoms with E-state index in [0.29, 0.717) is 5.32 Å². The Kier molecular flexibility index (Phi) is 9.64. The second-order valence-electron chi connectivity index (χ2n) is 10.00. The Balaban J connectivity index is 1.48. The van der Waals surface area contributed by atoms with Crippen molar-refractivity contribution in [2.45, 2.75) is 44.3 Å². The van der Waals surface area contributed by atoms with Gasteiger partial charge in [0.2, 0.25) is 0 Å². The van der Waals surface area contributed by atoms with Crippen LogP contribution in [0, 0.1) is 0 Å². The number of carbonyl (C=O) groups is 3. The zero-order chi connectivity index (χ0) is 28.5. The van der Waals surface area contributed by atoms with Gasteiger partial charge in [0, 0.05) is 0 Å². The van der Waals surface area contributed by atoms with Crippen LogP contribution in [-0.2, 0) is 25.7 Å². The van der Waals surface area contributed by atoms with Crippen molar-refractivity contribution in [2.75, 3.05) is 6.54 Å². The molecular weight excluding hydrogens is 575 g/mol. The fraction of sp³-hybridized carbons (Fsp3) is 0.258. The van der Waals surface area contributed by atoms with Crippen LogP contribution in [0.15, 0.2) is 89.3 Å². The van der Waals surface area contributed by atoms with Gasteiger partial charge in [-0.1, -0.05) is 0 Å². The Hall–Kier alpha value is -4.07. The molecule has 0 fully saturated rings. The molecule has 1 atom stereocenters.